The van der Waals surface area contributed by atoms with E-state index < -0.39 is 0 Å². The van der Waals surface area contributed by atoms with Crippen LogP contribution in [0.5, 0.6) is 0 Å². The van der Waals surface area contributed by atoms with Crippen LogP contribution in [0.4, 0.5) is 0 Å². The van der Waals surface area contributed by atoms with Gasteiger partial charge in [-0.25, -0.2) is 9.97 Å². The highest BCUT2D eigenvalue weighted by molar-refractivity contribution is 6.20. The van der Waals surface area contributed by atoms with Gasteiger partial charge in [-0.05, 0) is 116 Å². The molecule has 3 aromatic heterocycles. The molecule has 3 heterocycles. The summed E-state index contributed by atoms with van der Waals surface area (Å²) in [5, 5.41) is 14.5. The van der Waals surface area contributed by atoms with Gasteiger partial charge >= 0.3 is 0 Å². The Labute approximate surface area is 367 Å². The van der Waals surface area contributed by atoms with Crippen LogP contribution in [0.15, 0.2) is 218 Å². The number of benzene rings is 11. The van der Waals surface area contributed by atoms with Gasteiger partial charge in [-0.3, -0.25) is 0 Å². The molecule has 64 heavy (non-hydrogen) atoms. The first-order valence-electron chi connectivity index (χ1n) is 21.9. The van der Waals surface area contributed by atoms with Crippen LogP contribution >= 0.6 is 0 Å². The maximum Gasteiger partial charge on any atom is 0.0979 e. The largest absolute Gasteiger partial charge is 0.309 e. The van der Waals surface area contributed by atoms with Crippen molar-refractivity contribution in [1.82, 2.24) is 19.1 Å². The van der Waals surface area contributed by atoms with Crippen molar-refractivity contribution in [3.8, 4) is 33.9 Å². The van der Waals surface area contributed by atoms with Gasteiger partial charge in [0.25, 0.3) is 0 Å². The lowest BCUT2D eigenvalue weighted by Gasteiger charge is -2.14. The minimum Gasteiger partial charge on any atom is -0.309 e. The van der Waals surface area contributed by atoms with Gasteiger partial charge in [-0.1, -0.05) is 146 Å². The van der Waals surface area contributed by atoms with Crippen molar-refractivity contribution in [2.75, 3.05) is 0 Å². The summed E-state index contributed by atoms with van der Waals surface area (Å²) >= 11 is 0. The van der Waals surface area contributed by atoms with E-state index in [0.29, 0.717) is 0 Å². The molecule has 14 aromatic rings. The predicted octanol–water partition coefficient (Wildman–Crippen LogP) is 15.8. The van der Waals surface area contributed by atoms with Crippen molar-refractivity contribution in [3.63, 3.8) is 0 Å². The van der Waals surface area contributed by atoms with Crippen molar-refractivity contribution in [2.24, 2.45) is 0 Å². The minimum atomic E-state index is 0.876. The summed E-state index contributed by atoms with van der Waals surface area (Å²) in [5.41, 5.74) is 12.7. The number of rotatable bonds is 4. The second-order valence-electron chi connectivity index (χ2n) is 17.0. The molecule has 11 aromatic carbocycles. The van der Waals surface area contributed by atoms with Crippen molar-refractivity contribution in [1.29, 1.82) is 0 Å². The maximum absolute atomic E-state index is 5.30. The van der Waals surface area contributed by atoms with E-state index in [1.807, 2.05) is 18.2 Å². The maximum atomic E-state index is 5.30. The number of hydrogen-bond donors (Lipinski definition) is 0. The van der Waals surface area contributed by atoms with Gasteiger partial charge in [0, 0.05) is 38.4 Å². The van der Waals surface area contributed by atoms with Crippen LogP contribution in [0.25, 0.3) is 132 Å². The fourth-order valence-corrected chi connectivity index (χ4v) is 10.5. The van der Waals surface area contributed by atoms with Crippen molar-refractivity contribution in [3.05, 3.63) is 218 Å². The van der Waals surface area contributed by atoms with Gasteiger partial charge < -0.3 is 9.13 Å². The Hall–Kier alpha value is -8.60. The minimum absolute atomic E-state index is 0.876. The number of fused-ring (bicyclic) bond motifs is 11. The molecular formula is C60H36N4. The standard InChI is InChI=1S/C60H36N4/c1-3-16-40-35-56-49(33-38(40)14-1)47-20-7-10-24-53(47)64(56)55-26-12-25-54-58(55)50-34-39-15-2-4-17-41(39)36-57(50)63(54)45-30-29-42-31-44(28-27-43(42)32-45)59-60(62-52-23-9-8-22-51(52)61-59)48-21-11-18-37-13-5-6-19-46(37)48/h1-36H. The molecule has 0 saturated carbocycles. The van der Waals surface area contributed by atoms with E-state index >= 15 is 0 Å². The van der Waals surface area contributed by atoms with Crippen LogP contribution in [-0.2, 0) is 0 Å². The van der Waals surface area contributed by atoms with Crippen LogP contribution in [0.3, 0.4) is 0 Å². The van der Waals surface area contributed by atoms with E-state index in [2.05, 4.69) is 209 Å². The number of aromatic nitrogens is 4. The Bertz CT molecular complexity index is 4260. The summed E-state index contributed by atoms with van der Waals surface area (Å²) in [6, 6.07) is 79.3. The zero-order valence-corrected chi connectivity index (χ0v) is 34.6. The molecule has 296 valence electrons. The summed E-state index contributed by atoms with van der Waals surface area (Å²) in [4.78, 5) is 10.6. The lowest BCUT2D eigenvalue weighted by molar-refractivity contribution is 1.17. The fourth-order valence-electron chi connectivity index (χ4n) is 10.5. The smallest absolute Gasteiger partial charge is 0.0979 e. The fraction of sp³-hybridized carbons (Fsp3) is 0. The first kappa shape index (κ1) is 35.0. The molecular weight excluding hydrogens is 777 g/mol. The molecule has 0 N–H and O–H groups in total. The molecule has 0 saturated heterocycles. The van der Waals surface area contributed by atoms with Crippen molar-refractivity contribution < 1.29 is 0 Å². The normalized spacial score (nSPS) is 12.1. The molecule has 0 unspecified atom stereocenters. The summed E-state index contributed by atoms with van der Waals surface area (Å²) in [6.07, 6.45) is 0. The molecule has 0 aliphatic rings. The molecule has 14 rings (SSSR count). The van der Waals surface area contributed by atoms with Crippen LogP contribution < -0.4 is 0 Å². The van der Waals surface area contributed by atoms with E-state index in [-0.39, 0.29) is 0 Å². The Balaban J connectivity index is 0.990. The Morgan fingerprint density at radius 1 is 0.297 bits per heavy atom. The van der Waals surface area contributed by atoms with Gasteiger partial charge in [0.15, 0.2) is 0 Å². The zero-order valence-electron chi connectivity index (χ0n) is 34.6. The van der Waals surface area contributed by atoms with E-state index in [0.717, 1.165) is 60.9 Å². The second-order valence-corrected chi connectivity index (χ2v) is 17.0. The van der Waals surface area contributed by atoms with E-state index in [1.165, 1.54) is 70.7 Å². The number of nitrogens with zero attached hydrogens (tertiary/aromatic N) is 4. The Kier molecular flexibility index (Phi) is 7.36. The molecule has 0 aliphatic heterocycles. The lowest BCUT2D eigenvalue weighted by Crippen LogP contribution is -1.97. The quantitative estimate of drug-likeness (QED) is 0.177. The molecule has 4 nitrogen and oxygen atoms in total. The summed E-state index contributed by atoms with van der Waals surface area (Å²) in [7, 11) is 0. The summed E-state index contributed by atoms with van der Waals surface area (Å²) in [5.74, 6) is 0. The van der Waals surface area contributed by atoms with E-state index in [1.54, 1.807) is 0 Å². The third kappa shape index (κ3) is 5.17. The molecule has 0 bridgehead atoms. The number of hydrogen-bond acceptors (Lipinski definition) is 2. The average Bonchev–Trinajstić information content (AvgIpc) is 3.85. The van der Waals surface area contributed by atoms with Gasteiger partial charge in [0.05, 0.1) is 50.2 Å². The lowest BCUT2D eigenvalue weighted by atomic mass is 9.97. The second kappa shape index (κ2) is 13.4. The monoisotopic (exact) mass is 812 g/mol. The molecule has 0 amide bonds. The molecule has 0 fully saturated rings. The summed E-state index contributed by atoms with van der Waals surface area (Å²) in [6.45, 7) is 0. The van der Waals surface area contributed by atoms with Crippen LogP contribution in [0.1, 0.15) is 0 Å². The highest BCUT2D eigenvalue weighted by Crippen LogP contribution is 2.43. The molecule has 0 spiro atoms. The highest BCUT2D eigenvalue weighted by atomic mass is 15.0. The topological polar surface area (TPSA) is 35.6 Å². The van der Waals surface area contributed by atoms with Gasteiger partial charge in [0.2, 0.25) is 0 Å². The average molecular weight is 813 g/mol. The third-order valence-corrected chi connectivity index (χ3v) is 13.4. The van der Waals surface area contributed by atoms with Crippen LogP contribution in [-0.4, -0.2) is 19.1 Å². The Morgan fingerprint density at radius 3 is 1.62 bits per heavy atom. The Morgan fingerprint density at radius 2 is 0.844 bits per heavy atom. The first-order chi connectivity index (χ1) is 31.7. The molecule has 4 heteroatoms. The van der Waals surface area contributed by atoms with Crippen LogP contribution in [0, 0.1) is 0 Å². The van der Waals surface area contributed by atoms with Crippen molar-refractivity contribution >= 4 is 97.7 Å². The molecule has 0 radical (unpaired) electrons. The SMILES string of the molecule is c1ccc2cc3c(cc2c1)c1ccccc1n3-c1cccc2c1c1cc3ccccc3cc1n2-c1ccc2cc(-c3nc4ccccc4nc3-c3cccc4ccccc34)ccc2c1. The van der Waals surface area contributed by atoms with E-state index in [4.69, 9.17) is 9.97 Å². The predicted molar refractivity (Wildman–Crippen MR) is 269 cm³/mol. The van der Waals surface area contributed by atoms with E-state index in [9.17, 15) is 0 Å². The summed E-state index contributed by atoms with van der Waals surface area (Å²) < 4.78 is 4.95. The number of para-hydroxylation sites is 3. The van der Waals surface area contributed by atoms with Gasteiger partial charge in [-0.15, -0.1) is 0 Å². The molecule has 0 atom stereocenters. The van der Waals surface area contributed by atoms with Crippen molar-refractivity contribution in [2.45, 2.75) is 0 Å². The van der Waals surface area contributed by atoms with Gasteiger partial charge in [0.1, 0.15) is 0 Å². The third-order valence-electron chi connectivity index (χ3n) is 13.4. The first-order valence-corrected chi connectivity index (χ1v) is 21.9. The zero-order chi connectivity index (χ0) is 41.9. The van der Waals surface area contributed by atoms with Gasteiger partial charge in [-0.2, -0.15) is 0 Å². The molecule has 0 aliphatic carbocycles. The highest BCUT2D eigenvalue weighted by Gasteiger charge is 2.22. The van der Waals surface area contributed by atoms with Crippen LogP contribution in [0.2, 0.25) is 0 Å².